The van der Waals surface area contributed by atoms with Crippen molar-refractivity contribution in [3.05, 3.63) is 0 Å². The zero-order valence-corrected chi connectivity index (χ0v) is 7.76. The molecule has 2 nitrogen and oxygen atoms in total. The Morgan fingerprint density at radius 2 is 1.75 bits per heavy atom. The summed E-state index contributed by atoms with van der Waals surface area (Å²) in [4.78, 5) is 1.51. The molecule has 12 heavy (non-hydrogen) atoms. The van der Waals surface area contributed by atoms with Crippen molar-refractivity contribution in [1.29, 1.82) is 0 Å². The first-order chi connectivity index (χ1) is 4.81. The molecule has 0 amide bonds. The normalized spacial score (nSPS) is 14.2. The predicted molar refractivity (Wildman–Crippen MR) is 35.2 cm³/mol. The van der Waals surface area contributed by atoms with E-state index in [1.165, 1.54) is 4.90 Å². The van der Waals surface area contributed by atoms with Crippen molar-refractivity contribution in [2.45, 2.75) is 18.7 Å². The maximum Gasteiger partial charge on any atom is 0.391 e. The molecule has 0 aliphatic rings. The molecular formula is C6H12CuF3NO. The van der Waals surface area contributed by atoms with Crippen LogP contribution in [0.1, 0.15) is 6.42 Å². The van der Waals surface area contributed by atoms with E-state index in [0.717, 1.165) is 0 Å². The Hall–Kier alpha value is 0.229. The molecular weight excluding hydrogens is 223 g/mol. The van der Waals surface area contributed by atoms with Crippen molar-refractivity contribution >= 4 is 0 Å². The van der Waals surface area contributed by atoms with Gasteiger partial charge in [0.2, 0.25) is 0 Å². The van der Waals surface area contributed by atoms with Gasteiger partial charge < -0.3 is 10.0 Å². The molecule has 1 radical (unpaired) electrons. The molecule has 0 bridgehead atoms. The molecule has 1 N–H and O–H groups in total. The van der Waals surface area contributed by atoms with Gasteiger partial charge >= 0.3 is 6.18 Å². The van der Waals surface area contributed by atoms with Crippen LogP contribution < -0.4 is 0 Å². The largest absolute Gasteiger partial charge is 0.391 e. The van der Waals surface area contributed by atoms with Crippen LogP contribution in [-0.2, 0) is 17.1 Å². The Morgan fingerprint density at radius 1 is 1.33 bits per heavy atom. The van der Waals surface area contributed by atoms with E-state index in [2.05, 4.69) is 0 Å². The number of halogens is 3. The molecule has 0 saturated carbocycles. The van der Waals surface area contributed by atoms with E-state index in [9.17, 15) is 13.2 Å². The fourth-order valence-electron chi connectivity index (χ4n) is 0.753. The van der Waals surface area contributed by atoms with Gasteiger partial charge in [0.15, 0.2) is 0 Å². The molecule has 0 aliphatic carbocycles. The molecule has 1 unspecified atom stereocenters. The first-order valence-corrected chi connectivity index (χ1v) is 3.21. The van der Waals surface area contributed by atoms with E-state index >= 15 is 0 Å². The van der Waals surface area contributed by atoms with Crippen LogP contribution in [0.4, 0.5) is 13.2 Å². The fraction of sp³-hybridized carbons (Fsp3) is 1.00. The van der Waals surface area contributed by atoms with Crippen LogP contribution >= 0.6 is 0 Å². The molecule has 0 spiro atoms. The quantitative estimate of drug-likeness (QED) is 0.733. The predicted octanol–water partition coefficient (Wildman–Crippen LogP) is 0.859. The second-order valence-electron chi connectivity index (χ2n) is 2.74. The first-order valence-electron chi connectivity index (χ1n) is 3.21. The second-order valence-corrected chi connectivity index (χ2v) is 2.74. The molecule has 0 aromatic carbocycles. The summed E-state index contributed by atoms with van der Waals surface area (Å²) in [5.74, 6) is 0. The van der Waals surface area contributed by atoms with Crippen molar-refractivity contribution in [2.24, 2.45) is 0 Å². The summed E-state index contributed by atoms with van der Waals surface area (Å²) < 4.78 is 34.7. The van der Waals surface area contributed by atoms with Crippen LogP contribution in [0.15, 0.2) is 0 Å². The van der Waals surface area contributed by atoms with Crippen molar-refractivity contribution in [3.8, 4) is 0 Å². The van der Waals surface area contributed by atoms with E-state index in [1.807, 2.05) is 0 Å². The van der Waals surface area contributed by atoms with Gasteiger partial charge in [0.1, 0.15) is 0 Å². The third-order valence-electron chi connectivity index (χ3n) is 1.04. The maximum atomic E-state index is 11.6. The molecule has 0 fully saturated rings. The van der Waals surface area contributed by atoms with Crippen LogP contribution in [-0.4, -0.2) is 42.9 Å². The number of likely N-dealkylation sites (N-methyl/N-ethyl adjacent to an activating group) is 1. The Kier molecular flexibility index (Phi) is 7.13. The monoisotopic (exact) mass is 234 g/mol. The summed E-state index contributed by atoms with van der Waals surface area (Å²) in [6.45, 7) is 0.0412. The van der Waals surface area contributed by atoms with Gasteiger partial charge in [0, 0.05) is 23.6 Å². The smallest absolute Gasteiger partial charge is 0.391 e. The molecule has 1 atom stereocenters. The number of alkyl halides is 3. The van der Waals surface area contributed by atoms with Gasteiger partial charge in [-0.1, -0.05) is 0 Å². The van der Waals surface area contributed by atoms with E-state index in [-0.39, 0.29) is 23.6 Å². The summed E-state index contributed by atoms with van der Waals surface area (Å²) >= 11 is 0. The molecule has 0 rings (SSSR count). The van der Waals surface area contributed by atoms with Crippen LogP contribution in [0.3, 0.4) is 0 Å². The maximum absolute atomic E-state index is 11.6. The minimum absolute atomic E-state index is 0. The summed E-state index contributed by atoms with van der Waals surface area (Å²) in [7, 11) is 3.22. The number of rotatable bonds is 3. The minimum Gasteiger partial charge on any atom is -0.391 e. The summed E-state index contributed by atoms with van der Waals surface area (Å²) in [5, 5.41) is 8.79. The van der Waals surface area contributed by atoms with Gasteiger partial charge in [-0.2, -0.15) is 13.2 Å². The third kappa shape index (κ3) is 10.2. The third-order valence-corrected chi connectivity index (χ3v) is 1.04. The molecule has 6 heteroatoms. The van der Waals surface area contributed by atoms with E-state index in [0.29, 0.717) is 0 Å². The minimum atomic E-state index is -4.27. The SMILES string of the molecule is CN(C)CC(O)CC(F)(F)F.[Cu]. The van der Waals surface area contributed by atoms with E-state index in [1.54, 1.807) is 14.1 Å². The molecule has 0 aromatic heterocycles. The van der Waals surface area contributed by atoms with Gasteiger partial charge in [0.05, 0.1) is 12.5 Å². The standard InChI is InChI=1S/C6H12F3NO.Cu/c1-10(2)4-5(11)3-6(7,8)9;/h5,11H,3-4H2,1-2H3;. The zero-order valence-electron chi connectivity index (χ0n) is 6.82. The molecule has 0 aliphatic heterocycles. The zero-order chi connectivity index (χ0) is 9.07. The molecule has 0 saturated heterocycles. The number of nitrogens with zero attached hydrogens (tertiary/aromatic N) is 1. The average Bonchev–Trinajstić information content (AvgIpc) is 1.53. The topological polar surface area (TPSA) is 23.5 Å². The first kappa shape index (κ1) is 14.7. The number of aliphatic hydroxyl groups excluding tert-OH is 1. The van der Waals surface area contributed by atoms with Gasteiger partial charge in [-0.05, 0) is 14.1 Å². The number of hydrogen-bond donors (Lipinski definition) is 1. The van der Waals surface area contributed by atoms with E-state index in [4.69, 9.17) is 5.11 Å². The van der Waals surface area contributed by atoms with Crippen molar-refractivity contribution < 1.29 is 35.3 Å². The second kappa shape index (κ2) is 5.80. The van der Waals surface area contributed by atoms with Crippen molar-refractivity contribution in [3.63, 3.8) is 0 Å². The number of aliphatic hydroxyl groups is 1. The summed E-state index contributed by atoms with van der Waals surface area (Å²) in [5.41, 5.74) is 0. The van der Waals surface area contributed by atoms with Gasteiger partial charge in [0.25, 0.3) is 0 Å². The molecule has 0 heterocycles. The summed E-state index contributed by atoms with van der Waals surface area (Å²) in [6, 6.07) is 0. The van der Waals surface area contributed by atoms with Crippen LogP contribution in [0.5, 0.6) is 0 Å². The summed E-state index contributed by atoms with van der Waals surface area (Å²) in [6.07, 6.45) is -6.72. The molecule has 79 valence electrons. The van der Waals surface area contributed by atoms with Gasteiger partial charge in [-0.25, -0.2) is 0 Å². The number of hydrogen-bond acceptors (Lipinski definition) is 2. The fourth-order valence-corrected chi connectivity index (χ4v) is 0.753. The van der Waals surface area contributed by atoms with Crippen LogP contribution in [0.2, 0.25) is 0 Å². The van der Waals surface area contributed by atoms with Gasteiger partial charge in [-0.15, -0.1) is 0 Å². The van der Waals surface area contributed by atoms with Gasteiger partial charge in [-0.3, -0.25) is 0 Å². The van der Waals surface area contributed by atoms with Crippen molar-refractivity contribution in [2.75, 3.05) is 20.6 Å². The Bertz CT molecular complexity index is 118. The van der Waals surface area contributed by atoms with Crippen LogP contribution in [0, 0.1) is 0 Å². The van der Waals surface area contributed by atoms with E-state index < -0.39 is 18.7 Å². The Morgan fingerprint density at radius 3 is 2.00 bits per heavy atom. The van der Waals surface area contributed by atoms with Crippen LogP contribution in [0.25, 0.3) is 0 Å². The average molecular weight is 235 g/mol. The molecule has 0 aromatic rings. The Labute approximate surface area is 80.2 Å². The van der Waals surface area contributed by atoms with Crippen molar-refractivity contribution in [1.82, 2.24) is 4.90 Å². The Balaban J connectivity index is 0.